The Morgan fingerprint density at radius 1 is 1.17 bits per heavy atom. The SMILES string of the molecule is COC(=O)COc1ccc(C=NNC(=O)CC(=O)Nc2ccccc2Cl)cc1Br. The highest BCUT2D eigenvalue weighted by Gasteiger charge is 2.10. The van der Waals surface area contributed by atoms with E-state index >= 15 is 0 Å². The zero-order valence-corrected chi connectivity index (χ0v) is 17.6. The summed E-state index contributed by atoms with van der Waals surface area (Å²) in [6.07, 6.45) is 0.991. The van der Waals surface area contributed by atoms with Crippen LogP contribution in [0.1, 0.15) is 12.0 Å². The van der Waals surface area contributed by atoms with Crippen LogP contribution in [-0.2, 0) is 19.1 Å². The number of amides is 2. The van der Waals surface area contributed by atoms with E-state index in [2.05, 4.69) is 36.5 Å². The number of hydrogen-bond acceptors (Lipinski definition) is 6. The molecule has 0 unspecified atom stereocenters. The number of esters is 1. The van der Waals surface area contributed by atoms with Crippen molar-refractivity contribution >= 4 is 57.2 Å². The summed E-state index contributed by atoms with van der Waals surface area (Å²) in [5, 5.41) is 6.74. The van der Waals surface area contributed by atoms with Crippen molar-refractivity contribution in [2.45, 2.75) is 6.42 Å². The summed E-state index contributed by atoms with van der Waals surface area (Å²) in [5.74, 6) is -1.14. The maximum atomic E-state index is 11.9. The molecule has 2 rings (SSSR count). The largest absolute Gasteiger partial charge is 0.481 e. The summed E-state index contributed by atoms with van der Waals surface area (Å²) in [6.45, 7) is -0.213. The van der Waals surface area contributed by atoms with Gasteiger partial charge in [-0.25, -0.2) is 10.2 Å². The van der Waals surface area contributed by atoms with E-state index in [0.717, 1.165) is 0 Å². The lowest BCUT2D eigenvalue weighted by Gasteiger charge is -2.07. The number of hydrazone groups is 1. The van der Waals surface area contributed by atoms with Gasteiger partial charge in [0.05, 0.1) is 28.5 Å². The van der Waals surface area contributed by atoms with Crippen LogP contribution in [0, 0.1) is 0 Å². The Labute approximate surface area is 180 Å². The smallest absolute Gasteiger partial charge is 0.343 e. The van der Waals surface area contributed by atoms with Crippen LogP contribution in [0.3, 0.4) is 0 Å². The van der Waals surface area contributed by atoms with Crippen molar-refractivity contribution in [2.75, 3.05) is 19.0 Å². The molecule has 0 atom stereocenters. The number of methoxy groups -OCH3 is 1. The fourth-order valence-corrected chi connectivity index (χ4v) is 2.73. The van der Waals surface area contributed by atoms with Gasteiger partial charge < -0.3 is 14.8 Å². The van der Waals surface area contributed by atoms with Gasteiger partial charge in [0.1, 0.15) is 12.2 Å². The average Bonchev–Trinajstić information content (AvgIpc) is 2.68. The van der Waals surface area contributed by atoms with Crippen molar-refractivity contribution in [3.05, 3.63) is 57.5 Å². The first-order valence-corrected chi connectivity index (χ1v) is 9.41. The van der Waals surface area contributed by atoms with Gasteiger partial charge in [0.25, 0.3) is 0 Å². The van der Waals surface area contributed by atoms with Crippen molar-refractivity contribution < 1.29 is 23.9 Å². The van der Waals surface area contributed by atoms with Crippen LogP contribution in [0.15, 0.2) is 52.0 Å². The van der Waals surface area contributed by atoms with E-state index < -0.39 is 24.2 Å². The quantitative estimate of drug-likeness (QED) is 0.260. The predicted octanol–water partition coefficient (Wildman–Crippen LogP) is 3.13. The molecule has 8 nitrogen and oxygen atoms in total. The summed E-state index contributed by atoms with van der Waals surface area (Å²) in [5.41, 5.74) is 3.35. The van der Waals surface area contributed by atoms with Crippen LogP contribution in [0.25, 0.3) is 0 Å². The van der Waals surface area contributed by atoms with Crippen LogP contribution in [-0.4, -0.2) is 37.7 Å². The lowest BCUT2D eigenvalue weighted by atomic mass is 10.2. The first kappa shape index (κ1) is 22.4. The van der Waals surface area contributed by atoms with Gasteiger partial charge in [0.2, 0.25) is 11.8 Å². The van der Waals surface area contributed by atoms with Gasteiger partial charge in [0.15, 0.2) is 6.61 Å². The molecule has 2 aromatic rings. The topological polar surface area (TPSA) is 106 Å². The highest BCUT2D eigenvalue weighted by molar-refractivity contribution is 9.10. The molecule has 2 aromatic carbocycles. The Balaban J connectivity index is 1.83. The normalized spacial score (nSPS) is 10.4. The first-order valence-electron chi connectivity index (χ1n) is 8.24. The molecule has 0 aliphatic heterocycles. The maximum Gasteiger partial charge on any atom is 0.343 e. The standard InChI is InChI=1S/C19H17BrClN3O5/c1-28-19(27)11-29-16-7-6-12(8-13(16)20)10-22-24-18(26)9-17(25)23-15-5-3-2-4-14(15)21/h2-8,10H,9,11H2,1H3,(H,23,25)(H,24,26). The Kier molecular flexibility index (Phi) is 8.63. The number of benzene rings is 2. The minimum absolute atomic E-state index is 0.213. The molecule has 152 valence electrons. The Morgan fingerprint density at radius 3 is 2.62 bits per heavy atom. The van der Waals surface area contributed by atoms with Crippen LogP contribution in [0.4, 0.5) is 5.69 Å². The fraction of sp³-hybridized carbons (Fsp3) is 0.158. The number of anilines is 1. The molecule has 0 saturated carbocycles. The summed E-state index contributed by atoms with van der Waals surface area (Å²) in [4.78, 5) is 34.8. The van der Waals surface area contributed by atoms with E-state index in [1.54, 1.807) is 42.5 Å². The van der Waals surface area contributed by atoms with E-state index in [-0.39, 0.29) is 6.61 Å². The Bertz CT molecular complexity index is 936. The maximum absolute atomic E-state index is 11.9. The van der Waals surface area contributed by atoms with Crippen molar-refractivity contribution in [2.24, 2.45) is 5.10 Å². The molecule has 0 saturated heterocycles. The fourth-order valence-electron chi connectivity index (χ4n) is 2.03. The Hall–Kier alpha value is -2.91. The van der Waals surface area contributed by atoms with Gasteiger partial charge in [-0.2, -0.15) is 5.10 Å². The Morgan fingerprint density at radius 2 is 1.93 bits per heavy atom. The van der Waals surface area contributed by atoms with Gasteiger partial charge in [-0.1, -0.05) is 23.7 Å². The molecule has 2 amide bonds. The second-order valence-electron chi connectivity index (χ2n) is 5.55. The van der Waals surface area contributed by atoms with E-state index in [1.807, 2.05) is 0 Å². The summed E-state index contributed by atoms with van der Waals surface area (Å²) in [7, 11) is 1.27. The number of hydrogen-bond donors (Lipinski definition) is 2. The predicted molar refractivity (Wildman–Crippen MR) is 112 cm³/mol. The first-order chi connectivity index (χ1) is 13.9. The lowest BCUT2D eigenvalue weighted by molar-refractivity contribution is -0.143. The number of nitrogens with zero attached hydrogens (tertiary/aromatic N) is 1. The van der Waals surface area contributed by atoms with Gasteiger partial charge in [-0.3, -0.25) is 9.59 Å². The van der Waals surface area contributed by atoms with Crippen molar-refractivity contribution in [1.82, 2.24) is 5.43 Å². The number of nitrogens with one attached hydrogen (secondary N) is 2. The van der Waals surface area contributed by atoms with Crippen LogP contribution < -0.4 is 15.5 Å². The molecular formula is C19H17BrClN3O5. The molecule has 2 N–H and O–H groups in total. The average molecular weight is 483 g/mol. The van der Waals surface area contributed by atoms with Crippen molar-refractivity contribution in [1.29, 1.82) is 0 Å². The highest BCUT2D eigenvalue weighted by Crippen LogP contribution is 2.25. The van der Waals surface area contributed by atoms with Crippen LogP contribution >= 0.6 is 27.5 Å². The summed E-state index contributed by atoms with van der Waals surface area (Å²) < 4.78 is 10.4. The number of carbonyl (C=O) groups is 3. The highest BCUT2D eigenvalue weighted by atomic mass is 79.9. The molecule has 0 radical (unpaired) electrons. The molecule has 0 bridgehead atoms. The van der Waals surface area contributed by atoms with E-state index in [9.17, 15) is 14.4 Å². The van der Waals surface area contributed by atoms with E-state index in [0.29, 0.717) is 26.5 Å². The molecule has 0 aliphatic rings. The van der Waals surface area contributed by atoms with Gasteiger partial charge in [-0.15, -0.1) is 0 Å². The monoisotopic (exact) mass is 481 g/mol. The molecule has 10 heteroatoms. The number of carbonyl (C=O) groups excluding carboxylic acids is 3. The van der Waals surface area contributed by atoms with E-state index in [1.165, 1.54) is 13.3 Å². The van der Waals surface area contributed by atoms with Crippen molar-refractivity contribution in [3.63, 3.8) is 0 Å². The second-order valence-corrected chi connectivity index (χ2v) is 6.81. The van der Waals surface area contributed by atoms with Gasteiger partial charge >= 0.3 is 5.97 Å². The van der Waals surface area contributed by atoms with E-state index in [4.69, 9.17) is 16.3 Å². The third kappa shape index (κ3) is 7.55. The minimum atomic E-state index is -0.581. The number of para-hydroxylation sites is 1. The van der Waals surface area contributed by atoms with Gasteiger partial charge in [0, 0.05) is 0 Å². The molecule has 0 heterocycles. The third-order valence-electron chi connectivity index (χ3n) is 3.40. The van der Waals surface area contributed by atoms with Crippen molar-refractivity contribution in [3.8, 4) is 5.75 Å². The molecular weight excluding hydrogens is 466 g/mol. The number of halogens is 2. The number of rotatable bonds is 8. The molecule has 0 spiro atoms. The molecule has 0 fully saturated rings. The zero-order chi connectivity index (χ0) is 21.2. The second kappa shape index (κ2) is 11.2. The molecule has 0 aliphatic carbocycles. The molecule has 29 heavy (non-hydrogen) atoms. The minimum Gasteiger partial charge on any atom is -0.481 e. The summed E-state index contributed by atoms with van der Waals surface area (Å²) in [6, 6.07) is 11.7. The lowest BCUT2D eigenvalue weighted by Crippen LogP contribution is -2.24. The summed E-state index contributed by atoms with van der Waals surface area (Å²) >= 11 is 9.27. The third-order valence-corrected chi connectivity index (χ3v) is 4.35. The number of ether oxygens (including phenoxy) is 2. The van der Waals surface area contributed by atoms with Crippen LogP contribution in [0.5, 0.6) is 5.75 Å². The van der Waals surface area contributed by atoms with Crippen LogP contribution in [0.2, 0.25) is 5.02 Å². The molecule has 0 aromatic heterocycles. The zero-order valence-electron chi connectivity index (χ0n) is 15.3. The van der Waals surface area contributed by atoms with Gasteiger partial charge in [-0.05, 0) is 51.8 Å².